The molecule has 0 aromatic heterocycles. The number of fused-ring (bicyclic) bond motifs is 1. The average Bonchev–Trinajstić information content (AvgIpc) is 3.43. The van der Waals surface area contributed by atoms with E-state index in [-0.39, 0.29) is 18.3 Å². The van der Waals surface area contributed by atoms with E-state index >= 15 is 0 Å². The molecule has 2 heterocycles. The first-order valence-corrected chi connectivity index (χ1v) is 9.45. The minimum atomic E-state index is -0.694. The van der Waals surface area contributed by atoms with Gasteiger partial charge in [-0.2, -0.15) is 0 Å². The van der Waals surface area contributed by atoms with Gasteiger partial charge in [0.2, 0.25) is 0 Å². The van der Waals surface area contributed by atoms with E-state index in [4.69, 9.17) is 14.2 Å². The number of ether oxygens (including phenoxy) is 3. The van der Waals surface area contributed by atoms with Crippen molar-refractivity contribution in [1.29, 1.82) is 0 Å². The van der Waals surface area contributed by atoms with Gasteiger partial charge in [-0.05, 0) is 16.7 Å². The molecule has 2 aliphatic rings. The maximum absolute atomic E-state index is 6.76. The summed E-state index contributed by atoms with van der Waals surface area (Å²) in [4.78, 5) is 0. The SMILES string of the molecule is c1ccc(C(OC[C@H]2OC[C@@H]3O[C@H]32)(c2ccccc2)c2ccccc2)cc1. The van der Waals surface area contributed by atoms with Crippen molar-refractivity contribution in [2.45, 2.75) is 23.9 Å². The summed E-state index contributed by atoms with van der Waals surface area (Å²) in [5, 5.41) is 0. The van der Waals surface area contributed by atoms with Crippen LogP contribution < -0.4 is 0 Å². The first kappa shape index (κ1) is 16.7. The summed E-state index contributed by atoms with van der Waals surface area (Å²) >= 11 is 0. The van der Waals surface area contributed by atoms with Gasteiger partial charge in [-0.25, -0.2) is 0 Å². The Bertz CT molecular complexity index is 783. The Hall–Kier alpha value is -2.46. The number of benzene rings is 3. The number of hydrogen-bond donors (Lipinski definition) is 0. The molecule has 3 aromatic carbocycles. The van der Waals surface area contributed by atoms with Gasteiger partial charge >= 0.3 is 0 Å². The lowest BCUT2D eigenvalue weighted by molar-refractivity contribution is -0.0702. The molecule has 3 atom stereocenters. The molecular formula is C24H22O3. The van der Waals surface area contributed by atoms with Gasteiger partial charge in [0.15, 0.2) is 0 Å². The molecule has 0 aliphatic carbocycles. The number of epoxide rings is 1. The first-order valence-electron chi connectivity index (χ1n) is 9.45. The van der Waals surface area contributed by atoms with Crippen LogP contribution in [-0.4, -0.2) is 31.5 Å². The minimum Gasteiger partial charge on any atom is -0.370 e. The highest BCUT2D eigenvalue weighted by atomic mass is 16.7. The van der Waals surface area contributed by atoms with Crippen LogP contribution in [0.3, 0.4) is 0 Å². The van der Waals surface area contributed by atoms with Crippen molar-refractivity contribution >= 4 is 0 Å². The lowest BCUT2D eigenvalue weighted by atomic mass is 9.80. The highest BCUT2D eigenvalue weighted by molar-refractivity contribution is 5.47. The fraction of sp³-hybridized carbons (Fsp3) is 0.250. The zero-order chi connectivity index (χ0) is 18.1. The van der Waals surface area contributed by atoms with Crippen LogP contribution in [0.5, 0.6) is 0 Å². The summed E-state index contributed by atoms with van der Waals surface area (Å²) in [6.45, 7) is 1.16. The molecule has 5 rings (SSSR count). The van der Waals surface area contributed by atoms with Crippen LogP contribution in [0.4, 0.5) is 0 Å². The van der Waals surface area contributed by atoms with Gasteiger partial charge in [0.1, 0.15) is 23.9 Å². The summed E-state index contributed by atoms with van der Waals surface area (Å²) in [5.41, 5.74) is 2.62. The molecular weight excluding hydrogens is 336 g/mol. The van der Waals surface area contributed by atoms with Crippen LogP contribution in [0.1, 0.15) is 16.7 Å². The molecule has 3 aromatic rings. The standard InChI is InChI=1S/C24H22O3/c1-4-10-18(11-5-1)24(19-12-6-2-7-13-19,20-14-8-3-9-15-20)26-17-21-23-22(27-23)16-25-21/h1-15,21-23H,16-17H2/t21-,22+,23+/m1/s1. The molecule has 0 saturated carbocycles. The molecule has 2 fully saturated rings. The van der Waals surface area contributed by atoms with E-state index < -0.39 is 5.60 Å². The van der Waals surface area contributed by atoms with Crippen LogP contribution in [0, 0.1) is 0 Å². The van der Waals surface area contributed by atoms with Gasteiger partial charge in [-0.15, -0.1) is 0 Å². The van der Waals surface area contributed by atoms with Crippen molar-refractivity contribution in [3.05, 3.63) is 108 Å². The van der Waals surface area contributed by atoms with Gasteiger partial charge in [-0.1, -0.05) is 91.0 Å². The maximum Gasteiger partial charge on any atom is 0.143 e. The summed E-state index contributed by atoms with van der Waals surface area (Å²) in [6, 6.07) is 31.3. The van der Waals surface area contributed by atoms with E-state index in [1.807, 2.05) is 18.2 Å². The predicted octanol–water partition coefficient (Wildman–Crippen LogP) is 4.16. The second-order valence-corrected chi connectivity index (χ2v) is 7.10. The van der Waals surface area contributed by atoms with Crippen molar-refractivity contribution in [1.82, 2.24) is 0 Å². The third-order valence-electron chi connectivity index (χ3n) is 5.47. The lowest BCUT2D eigenvalue weighted by Gasteiger charge is -2.36. The molecule has 0 unspecified atom stereocenters. The zero-order valence-electron chi connectivity index (χ0n) is 15.0. The van der Waals surface area contributed by atoms with E-state index in [9.17, 15) is 0 Å². The summed E-state index contributed by atoms with van der Waals surface area (Å²) < 4.78 is 18.3. The van der Waals surface area contributed by atoms with Crippen molar-refractivity contribution < 1.29 is 14.2 Å². The number of hydrogen-bond acceptors (Lipinski definition) is 3. The van der Waals surface area contributed by atoms with Crippen LogP contribution in [0.2, 0.25) is 0 Å². The fourth-order valence-corrected chi connectivity index (χ4v) is 4.05. The highest BCUT2D eigenvalue weighted by Crippen LogP contribution is 2.42. The predicted molar refractivity (Wildman–Crippen MR) is 104 cm³/mol. The lowest BCUT2D eigenvalue weighted by Crippen LogP contribution is -2.36. The van der Waals surface area contributed by atoms with Gasteiger partial charge < -0.3 is 14.2 Å². The largest absolute Gasteiger partial charge is 0.370 e. The molecule has 136 valence electrons. The van der Waals surface area contributed by atoms with E-state index in [1.165, 1.54) is 0 Å². The Morgan fingerprint density at radius 2 is 1.22 bits per heavy atom. The van der Waals surface area contributed by atoms with Gasteiger partial charge in [0.25, 0.3) is 0 Å². The smallest absolute Gasteiger partial charge is 0.143 e. The van der Waals surface area contributed by atoms with Crippen LogP contribution in [0.15, 0.2) is 91.0 Å². The third-order valence-corrected chi connectivity index (χ3v) is 5.47. The molecule has 27 heavy (non-hydrogen) atoms. The minimum absolute atomic E-state index is 0.00879. The van der Waals surface area contributed by atoms with Gasteiger partial charge in [0.05, 0.1) is 13.2 Å². The monoisotopic (exact) mass is 358 g/mol. The highest BCUT2D eigenvalue weighted by Gasteiger charge is 2.52. The second kappa shape index (κ2) is 6.93. The van der Waals surface area contributed by atoms with Crippen molar-refractivity contribution in [2.75, 3.05) is 13.2 Å². The molecule has 0 spiro atoms. The molecule has 3 nitrogen and oxygen atoms in total. The summed E-state index contributed by atoms with van der Waals surface area (Å²) in [5.74, 6) is 0. The molecule has 3 heteroatoms. The summed E-state index contributed by atoms with van der Waals surface area (Å²) in [7, 11) is 0. The average molecular weight is 358 g/mol. The molecule has 0 bridgehead atoms. The Morgan fingerprint density at radius 1 is 0.741 bits per heavy atom. The van der Waals surface area contributed by atoms with E-state index in [2.05, 4.69) is 72.8 Å². The topological polar surface area (TPSA) is 31.0 Å². The fourth-order valence-electron chi connectivity index (χ4n) is 4.05. The van der Waals surface area contributed by atoms with E-state index in [0.717, 1.165) is 16.7 Å². The van der Waals surface area contributed by atoms with Crippen LogP contribution in [0.25, 0.3) is 0 Å². The molecule has 0 N–H and O–H groups in total. The zero-order valence-corrected chi connectivity index (χ0v) is 15.0. The van der Waals surface area contributed by atoms with Crippen molar-refractivity contribution in [3.8, 4) is 0 Å². The third kappa shape index (κ3) is 2.98. The summed E-state index contributed by atoms with van der Waals surface area (Å²) in [6.07, 6.45) is 0.439. The molecule has 2 saturated heterocycles. The maximum atomic E-state index is 6.76. The van der Waals surface area contributed by atoms with Gasteiger partial charge in [0, 0.05) is 0 Å². The van der Waals surface area contributed by atoms with Crippen LogP contribution >= 0.6 is 0 Å². The van der Waals surface area contributed by atoms with Crippen LogP contribution in [-0.2, 0) is 19.8 Å². The Balaban J connectivity index is 1.62. The van der Waals surface area contributed by atoms with E-state index in [1.54, 1.807) is 0 Å². The van der Waals surface area contributed by atoms with Crippen molar-refractivity contribution in [3.63, 3.8) is 0 Å². The Morgan fingerprint density at radius 3 is 1.59 bits per heavy atom. The molecule has 2 aliphatic heterocycles. The van der Waals surface area contributed by atoms with Gasteiger partial charge in [-0.3, -0.25) is 0 Å². The first-order chi connectivity index (χ1) is 13.4. The number of rotatable bonds is 6. The molecule has 0 amide bonds. The normalized spacial score (nSPS) is 23.8. The molecule has 0 radical (unpaired) electrons. The van der Waals surface area contributed by atoms with Crippen molar-refractivity contribution in [2.24, 2.45) is 0 Å². The van der Waals surface area contributed by atoms with E-state index in [0.29, 0.717) is 13.2 Å². The second-order valence-electron chi connectivity index (χ2n) is 7.10. The Labute approximate surface area is 159 Å². The quantitative estimate of drug-likeness (QED) is 0.490. The Kier molecular flexibility index (Phi) is 4.29.